The van der Waals surface area contributed by atoms with Crippen molar-refractivity contribution in [2.45, 2.75) is 6.42 Å². The molecule has 0 aromatic carbocycles. The molecule has 1 aliphatic rings. The molecule has 5 nitrogen and oxygen atoms in total. The highest BCUT2D eigenvalue weighted by atomic mass is 35.5. The summed E-state index contributed by atoms with van der Waals surface area (Å²) in [6, 6.07) is 3.18. The van der Waals surface area contributed by atoms with Crippen molar-refractivity contribution in [3.63, 3.8) is 0 Å². The van der Waals surface area contributed by atoms with Gasteiger partial charge in [-0.3, -0.25) is 4.79 Å². The fourth-order valence-corrected chi connectivity index (χ4v) is 3.53. The van der Waals surface area contributed by atoms with Crippen LogP contribution in [-0.2, 0) is 14.6 Å². The predicted octanol–water partition coefficient (Wildman–Crippen LogP) is 1.11. The van der Waals surface area contributed by atoms with Crippen molar-refractivity contribution in [1.29, 1.82) is 0 Å². The van der Waals surface area contributed by atoms with E-state index in [2.05, 4.69) is 10.3 Å². The Morgan fingerprint density at radius 2 is 2.24 bits per heavy atom. The summed E-state index contributed by atoms with van der Waals surface area (Å²) in [5, 5.41) is 3.05. The lowest BCUT2D eigenvalue weighted by Crippen LogP contribution is -2.24. The number of amides is 1. The van der Waals surface area contributed by atoms with Crippen LogP contribution < -0.4 is 5.32 Å². The van der Waals surface area contributed by atoms with E-state index in [1.54, 1.807) is 12.1 Å². The van der Waals surface area contributed by atoms with Gasteiger partial charge in [-0.25, -0.2) is 13.4 Å². The third-order valence-electron chi connectivity index (χ3n) is 2.58. The summed E-state index contributed by atoms with van der Waals surface area (Å²) in [6.45, 7) is 0. The van der Waals surface area contributed by atoms with E-state index in [1.165, 1.54) is 6.20 Å². The number of sulfone groups is 1. The van der Waals surface area contributed by atoms with Gasteiger partial charge in [0.15, 0.2) is 9.84 Å². The summed E-state index contributed by atoms with van der Waals surface area (Å²) < 4.78 is 22.5. The second kappa shape index (κ2) is 4.62. The molecule has 2 rings (SSSR count). The zero-order chi connectivity index (χ0) is 12.5. The van der Waals surface area contributed by atoms with E-state index in [9.17, 15) is 13.2 Å². The molecule has 1 aromatic rings. The molecule has 7 heteroatoms. The van der Waals surface area contributed by atoms with Crippen molar-refractivity contribution in [3.05, 3.63) is 23.4 Å². The molecule has 1 unspecified atom stereocenters. The van der Waals surface area contributed by atoms with Crippen LogP contribution in [0.15, 0.2) is 18.3 Å². The number of carbonyl (C=O) groups excluding carboxylic acids is 1. The lowest BCUT2D eigenvalue weighted by molar-refractivity contribution is -0.119. The lowest BCUT2D eigenvalue weighted by atomic mass is 10.1. The number of anilines is 1. The maximum atomic E-state index is 11.7. The fourth-order valence-electron chi connectivity index (χ4n) is 1.68. The molecule has 0 aliphatic carbocycles. The van der Waals surface area contributed by atoms with Crippen molar-refractivity contribution in [2.24, 2.45) is 5.92 Å². The third kappa shape index (κ3) is 3.17. The number of hydrogen-bond acceptors (Lipinski definition) is 4. The van der Waals surface area contributed by atoms with E-state index in [4.69, 9.17) is 11.6 Å². The van der Waals surface area contributed by atoms with Gasteiger partial charge in [-0.15, -0.1) is 0 Å². The normalized spacial score (nSPS) is 22.3. The van der Waals surface area contributed by atoms with E-state index < -0.39 is 15.8 Å². The average molecular weight is 275 g/mol. The van der Waals surface area contributed by atoms with E-state index in [-0.39, 0.29) is 17.4 Å². The predicted molar refractivity (Wildman–Crippen MR) is 64.6 cm³/mol. The zero-order valence-electron chi connectivity index (χ0n) is 8.89. The first-order valence-corrected chi connectivity index (χ1v) is 7.29. The van der Waals surface area contributed by atoms with E-state index in [0.29, 0.717) is 17.3 Å². The van der Waals surface area contributed by atoms with Gasteiger partial charge < -0.3 is 5.32 Å². The molecular weight excluding hydrogens is 264 g/mol. The SMILES string of the molecule is O=C(Nc1ccc(Cl)cn1)C1CCS(=O)(=O)C1. The molecule has 1 amide bonds. The van der Waals surface area contributed by atoms with Crippen LogP contribution in [0.25, 0.3) is 0 Å². The molecule has 1 saturated heterocycles. The molecule has 92 valence electrons. The number of hydrogen-bond donors (Lipinski definition) is 1. The van der Waals surface area contributed by atoms with E-state index in [1.807, 2.05) is 0 Å². The standard InChI is InChI=1S/C10H11ClN2O3S/c11-8-1-2-9(12-5-8)13-10(14)7-3-4-17(15,16)6-7/h1-2,5,7H,3-4,6H2,(H,12,13,14). The topological polar surface area (TPSA) is 76.1 Å². The van der Waals surface area contributed by atoms with Gasteiger partial charge in [0.05, 0.1) is 22.4 Å². The van der Waals surface area contributed by atoms with Gasteiger partial charge in [0.2, 0.25) is 5.91 Å². The van der Waals surface area contributed by atoms with Crippen molar-refractivity contribution < 1.29 is 13.2 Å². The van der Waals surface area contributed by atoms with Crippen LogP contribution in [0.5, 0.6) is 0 Å². The van der Waals surface area contributed by atoms with Gasteiger partial charge in [0.25, 0.3) is 0 Å². The molecule has 0 radical (unpaired) electrons. The zero-order valence-corrected chi connectivity index (χ0v) is 10.5. The summed E-state index contributed by atoms with van der Waals surface area (Å²) in [4.78, 5) is 15.7. The van der Waals surface area contributed by atoms with E-state index >= 15 is 0 Å². The summed E-state index contributed by atoms with van der Waals surface area (Å²) in [5.74, 6) is -0.395. The molecule has 1 fully saturated rings. The Labute approximate surface area is 104 Å². The largest absolute Gasteiger partial charge is 0.310 e. The second-order valence-corrected chi connectivity index (χ2v) is 6.62. The van der Waals surface area contributed by atoms with Gasteiger partial charge in [0.1, 0.15) is 5.82 Å². The summed E-state index contributed by atoms with van der Waals surface area (Å²) in [5.41, 5.74) is 0. The van der Waals surface area contributed by atoms with Gasteiger partial charge in [-0.1, -0.05) is 11.6 Å². The van der Waals surface area contributed by atoms with E-state index in [0.717, 1.165) is 0 Å². The summed E-state index contributed by atoms with van der Waals surface area (Å²) in [6.07, 6.45) is 1.80. The number of pyridine rings is 1. The lowest BCUT2D eigenvalue weighted by Gasteiger charge is -2.08. The molecule has 0 bridgehead atoms. The second-order valence-electron chi connectivity index (χ2n) is 3.95. The van der Waals surface area contributed by atoms with Gasteiger partial charge >= 0.3 is 0 Å². The molecule has 1 N–H and O–H groups in total. The highest BCUT2D eigenvalue weighted by Gasteiger charge is 2.32. The first-order valence-electron chi connectivity index (χ1n) is 5.09. The molecular formula is C10H11ClN2O3S. The number of nitrogens with zero attached hydrogens (tertiary/aromatic N) is 1. The van der Waals surface area contributed by atoms with Gasteiger partial charge in [0, 0.05) is 6.20 Å². The molecule has 2 heterocycles. The maximum Gasteiger partial charge on any atom is 0.229 e. The maximum absolute atomic E-state index is 11.7. The van der Waals surface area contributed by atoms with Crippen LogP contribution >= 0.6 is 11.6 Å². The van der Waals surface area contributed by atoms with Gasteiger partial charge in [-0.2, -0.15) is 0 Å². The highest BCUT2D eigenvalue weighted by Crippen LogP contribution is 2.20. The number of halogens is 1. The van der Waals surface area contributed by atoms with Crippen LogP contribution in [0.2, 0.25) is 5.02 Å². The van der Waals surface area contributed by atoms with Crippen LogP contribution in [0.1, 0.15) is 6.42 Å². The quantitative estimate of drug-likeness (QED) is 0.876. The number of rotatable bonds is 2. The van der Waals surface area contributed by atoms with Gasteiger partial charge in [-0.05, 0) is 18.6 Å². The highest BCUT2D eigenvalue weighted by molar-refractivity contribution is 7.91. The van der Waals surface area contributed by atoms with Crippen molar-refractivity contribution in [3.8, 4) is 0 Å². The molecule has 17 heavy (non-hydrogen) atoms. The Morgan fingerprint density at radius 3 is 2.76 bits per heavy atom. The summed E-state index contributed by atoms with van der Waals surface area (Å²) in [7, 11) is -3.04. The molecule has 1 aromatic heterocycles. The van der Waals surface area contributed by atoms with Crippen molar-refractivity contribution in [2.75, 3.05) is 16.8 Å². The number of aromatic nitrogens is 1. The van der Waals surface area contributed by atoms with Crippen LogP contribution in [0, 0.1) is 5.92 Å². The fraction of sp³-hybridized carbons (Fsp3) is 0.400. The minimum absolute atomic E-state index is 0.0770. The van der Waals surface area contributed by atoms with Crippen molar-refractivity contribution >= 4 is 33.2 Å². The first kappa shape index (κ1) is 12.3. The Balaban J connectivity index is 2.01. The molecule has 0 saturated carbocycles. The average Bonchev–Trinajstić information content (AvgIpc) is 2.62. The number of nitrogens with one attached hydrogen (secondary N) is 1. The minimum Gasteiger partial charge on any atom is -0.310 e. The Kier molecular flexibility index (Phi) is 3.35. The first-order chi connectivity index (χ1) is 7.96. The Hall–Kier alpha value is -1.14. The smallest absolute Gasteiger partial charge is 0.229 e. The van der Waals surface area contributed by atoms with Crippen LogP contribution in [-0.4, -0.2) is 30.8 Å². The monoisotopic (exact) mass is 274 g/mol. The summed E-state index contributed by atoms with van der Waals surface area (Å²) >= 11 is 5.66. The Bertz CT molecular complexity index is 527. The molecule has 0 spiro atoms. The minimum atomic E-state index is -3.04. The van der Waals surface area contributed by atoms with Crippen LogP contribution in [0.4, 0.5) is 5.82 Å². The van der Waals surface area contributed by atoms with Crippen molar-refractivity contribution in [1.82, 2.24) is 4.98 Å². The number of carbonyl (C=O) groups is 1. The Morgan fingerprint density at radius 1 is 1.47 bits per heavy atom. The third-order valence-corrected chi connectivity index (χ3v) is 4.57. The van der Waals surface area contributed by atoms with Crippen LogP contribution in [0.3, 0.4) is 0 Å². The molecule has 1 aliphatic heterocycles. The molecule has 1 atom stereocenters.